The molecular formula is C16H30O. The van der Waals surface area contributed by atoms with Crippen LogP contribution >= 0.6 is 0 Å². The normalized spacial score (nSPS) is 14.2. The van der Waals surface area contributed by atoms with Gasteiger partial charge in [0.2, 0.25) is 0 Å². The Morgan fingerprint density at radius 1 is 1.00 bits per heavy atom. The van der Waals surface area contributed by atoms with E-state index in [-0.39, 0.29) is 0 Å². The Morgan fingerprint density at radius 3 is 2.06 bits per heavy atom. The Hall–Kier alpha value is -0.480. The summed E-state index contributed by atoms with van der Waals surface area (Å²) >= 11 is 0. The van der Waals surface area contributed by atoms with Crippen molar-refractivity contribution in [3.8, 4) is 12.3 Å². The molecule has 2 unspecified atom stereocenters. The summed E-state index contributed by atoms with van der Waals surface area (Å²) in [5.74, 6) is 2.94. The summed E-state index contributed by atoms with van der Waals surface area (Å²) in [6.45, 7) is 4.44. The number of aliphatic hydroxyl groups is 1. The number of hydrogen-bond donors (Lipinski definition) is 1. The van der Waals surface area contributed by atoms with E-state index in [1.165, 1.54) is 57.8 Å². The first-order chi connectivity index (χ1) is 8.20. The maximum absolute atomic E-state index is 9.32. The lowest BCUT2D eigenvalue weighted by Gasteiger charge is -2.12. The minimum atomic E-state index is -0.543. The minimum Gasteiger partial charge on any atom is -0.380 e. The molecule has 0 saturated heterocycles. The van der Waals surface area contributed by atoms with Gasteiger partial charge in [0.25, 0.3) is 0 Å². The molecule has 0 fully saturated rings. The summed E-state index contributed by atoms with van der Waals surface area (Å²) in [6.07, 6.45) is 17.5. The number of rotatable bonds is 11. The first-order valence-corrected chi connectivity index (χ1v) is 7.34. The van der Waals surface area contributed by atoms with Crippen LogP contribution in [-0.4, -0.2) is 11.2 Å². The second-order valence-electron chi connectivity index (χ2n) is 5.29. The molecule has 100 valence electrons. The van der Waals surface area contributed by atoms with Gasteiger partial charge in [-0.05, 0) is 12.3 Å². The predicted molar refractivity (Wildman–Crippen MR) is 75.8 cm³/mol. The molecule has 0 aliphatic rings. The third-order valence-electron chi connectivity index (χ3n) is 3.37. The molecule has 0 amide bonds. The van der Waals surface area contributed by atoms with Gasteiger partial charge in [-0.15, -0.1) is 6.42 Å². The molecule has 2 atom stereocenters. The van der Waals surface area contributed by atoms with Crippen molar-refractivity contribution in [2.75, 3.05) is 0 Å². The second-order valence-corrected chi connectivity index (χ2v) is 5.29. The van der Waals surface area contributed by atoms with Crippen LogP contribution in [0.3, 0.4) is 0 Å². The van der Waals surface area contributed by atoms with E-state index in [1.54, 1.807) is 0 Å². The van der Waals surface area contributed by atoms with Gasteiger partial charge in [-0.3, -0.25) is 0 Å². The summed E-state index contributed by atoms with van der Waals surface area (Å²) < 4.78 is 0. The molecule has 0 saturated carbocycles. The molecule has 0 aliphatic heterocycles. The largest absolute Gasteiger partial charge is 0.380 e. The highest BCUT2D eigenvalue weighted by atomic mass is 16.3. The highest BCUT2D eigenvalue weighted by Crippen LogP contribution is 2.16. The van der Waals surface area contributed by atoms with Crippen LogP contribution in [0.15, 0.2) is 0 Å². The number of hydrogen-bond acceptors (Lipinski definition) is 1. The average molecular weight is 238 g/mol. The van der Waals surface area contributed by atoms with Crippen molar-refractivity contribution < 1.29 is 5.11 Å². The Balaban J connectivity index is 3.20. The monoisotopic (exact) mass is 238 g/mol. The highest BCUT2D eigenvalue weighted by molar-refractivity contribution is 4.93. The molecule has 1 N–H and O–H groups in total. The van der Waals surface area contributed by atoms with Crippen molar-refractivity contribution in [1.29, 1.82) is 0 Å². The van der Waals surface area contributed by atoms with Crippen LogP contribution in [-0.2, 0) is 0 Å². The number of unbranched alkanes of at least 4 members (excludes halogenated alkanes) is 7. The standard InChI is InChI=1S/C16H30O/c1-4-6-7-8-9-10-11-12-13-15(3)14-16(17)5-2/h2,15-17H,4,6-14H2,1,3H3. The summed E-state index contributed by atoms with van der Waals surface area (Å²) in [7, 11) is 0. The van der Waals surface area contributed by atoms with Gasteiger partial charge in [-0.2, -0.15) is 0 Å². The zero-order valence-corrected chi connectivity index (χ0v) is 11.8. The average Bonchev–Trinajstić information content (AvgIpc) is 2.32. The lowest BCUT2D eigenvalue weighted by molar-refractivity contribution is 0.195. The SMILES string of the molecule is C#CC(O)CC(C)CCCCCCCCCC. The summed E-state index contributed by atoms with van der Waals surface area (Å²) in [5, 5.41) is 9.32. The molecule has 0 radical (unpaired) electrons. The molecule has 0 heterocycles. The molecule has 0 aromatic carbocycles. The summed E-state index contributed by atoms with van der Waals surface area (Å²) in [5.41, 5.74) is 0. The summed E-state index contributed by atoms with van der Waals surface area (Å²) in [6, 6.07) is 0. The van der Waals surface area contributed by atoms with Gasteiger partial charge >= 0.3 is 0 Å². The quantitative estimate of drug-likeness (QED) is 0.414. The Kier molecular flexibility index (Phi) is 11.7. The first-order valence-electron chi connectivity index (χ1n) is 7.34. The van der Waals surface area contributed by atoms with Gasteiger partial charge < -0.3 is 5.11 Å². The summed E-state index contributed by atoms with van der Waals surface area (Å²) in [4.78, 5) is 0. The Labute approximate surface area is 108 Å². The molecule has 0 rings (SSSR count). The van der Waals surface area contributed by atoms with Crippen molar-refractivity contribution in [2.45, 2.75) is 84.2 Å². The third kappa shape index (κ3) is 11.8. The molecule has 0 aromatic heterocycles. The van der Waals surface area contributed by atoms with Gasteiger partial charge in [-0.25, -0.2) is 0 Å². The van der Waals surface area contributed by atoms with E-state index in [1.807, 2.05) is 0 Å². The minimum absolute atomic E-state index is 0.543. The number of aliphatic hydroxyl groups excluding tert-OH is 1. The second kappa shape index (κ2) is 12.0. The van der Waals surface area contributed by atoms with Gasteiger partial charge in [-0.1, -0.05) is 77.6 Å². The van der Waals surface area contributed by atoms with Gasteiger partial charge in [0.05, 0.1) is 0 Å². The van der Waals surface area contributed by atoms with Crippen LogP contribution in [0.1, 0.15) is 78.1 Å². The topological polar surface area (TPSA) is 20.2 Å². The van der Waals surface area contributed by atoms with Crippen molar-refractivity contribution in [1.82, 2.24) is 0 Å². The lowest BCUT2D eigenvalue weighted by atomic mass is 9.96. The zero-order valence-electron chi connectivity index (χ0n) is 11.8. The molecule has 1 heteroatoms. The molecule has 0 bridgehead atoms. The van der Waals surface area contributed by atoms with Crippen LogP contribution < -0.4 is 0 Å². The fourth-order valence-corrected chi connectivity index (χ4v) is 2.19. The Bertz CT molecular complexity index is 192. The maximum atomic E-state index is 9.32. The van der Waals surface area contributed by atoms with Gasteiger partial charge in [0.15, 0.2) is 0 Å². The van der Waals surface area contributed by atoms with Gasteiger partial charge in [0, 0.05) is 0 Å². The highest BCUT2D eigenvalue weighted by Gasteiger charge is 2.07. The maximum Gasteiger partial charge on any atom is 0.114 e. The molecule has 17 heavy (non-hydrogen) atoms. The van der Waals surface area contributed by atoms with Crippen LogP contribution in [0.2, 0.25) is 0 Å². The van der Waals surface area contributed by atoms with E-state index in [9.17, 15) is 5.11 Å². The lowest BCUT2D eigenvalue weighted by Crippen LogP contribution is -2.08. The smallest absolute Gasteiger partial charge is 0.114 e. The molecule has 1 nitrogen and oxygen atoms in total. The van der Waals surface area contributed by atoms with Crippen LogP contribution in [0.4, 0.5) is 0 Å². The molecule has 0 aliphatic carbocycles. The van der Waals surface area contributed by atoms with Crippen molar-refractivity contribution in [3.05, 3.63) is 0 Å². The van der Waals surface area contributed by atoms with E-state index in [0.717, 1.165) is 6.42 Å². The van der Waals surface area contributed by atoms with Crippen LogP contribution in [0.5, 0.6) is 0 Å². The van der Waals surface area contributed by atoms with E-state index < -0.39 is 6.10 Å². The zero-order chi connectivity index (χ0) is 12.9. The van der Waals surface area contributed by atoms with E-state index >= 15 is 0 Å². The number of terminal acetylenes is 1. The van der Waals surface area contributed by atoms with E-state index in [4.69, 9.17) is 6.42 Å². The molecular weight excluding hydrogens is 208 g/mol. The molecule has 0 aromatic rings. The fourth-order valence-electron chi connectivity index (χ4n) is 2.19. The molecule has 0 spiro atoms. The van der Waals surface area contributed by atoms with Crippen molar-refractivity contribution in [3.63, 3.8) is 0 Å². The van der Waals surface area contributed by atoms with Crippen LogP contribution in [0.25, 0.3) is 0 Å². The van der Waals surface area contributed by atoms with Crippen molar-refractivity contribution >= 4 is 0 Å². The van der Waals surface area contributed by atoms with E-state index in [2.05, 4.69) is 19.8 Å². The predicted octanol–water partition coefficient (Wildman–Crippen LogP) is 4.54. The van der Waals surface area contributed by atoms with Crippen molar-refractivity contribution in [2.24, 2.45) is 5.92 Å². The van der Waals surface area contributed by atoms with Crippen LogP contribution in [0, 0.1) is 18.3 Å². The fraction of sp³-hybridized carbons (Fsp3) is 0.875. The van der Waals surface area contributed by atoms with E-state index in [0.29, 0.717) is 5.92 Å². The van der Waals surface area contributed by atoms with Gasteiger partial charge in [0.1, 0.15) is 6.10 Å². The Morgan fingerprint density at radius 2 is 1.53 bits per heavy atom. The first kappa shape index (κ1) is 16.5. The third-order valence-corrected chi connectivity index (χ3v) is 3.37.